The van der Waals surface area contributed by atoms with E-state index in [0.29, 0.717) is 5.02 Å². The lowest BCUT2D eigenvalue weighted by Crippen LogP contribution is -2.34. The molecule has 2 rings (SSSR count). The van der Waals surface area contributed by atoms with Gasteiger partial charge in [0.05, 0.1) is 22.3 Å². The van der Waals surface area contributed by atoms with Crippen LogP contribution in [0.2, 0.25) is 5.02 Å². The monoisotopic (exact) mass is 256 g/mol. The van der Waals surface area contributed by atoms with Crippen LogP contribution in [0, 0.1) is 11.8 Å². The second-order valence-corrected chi connectivity index (χ2v) is 5.05. The maximum absolute atomic E-state index is 11.0. The number of nitrogens with zero attached hydrogens (tertiary/aromatic N) is 2. The van der Waals surface area contributed by atoms with Gasteiger partial charge in [0.2, 0.25) is 0 Å². The first-order valence-corrected chi connectivity index (χ1v) is 6.35. The van der Waals surface area contributed by atoms with Crippen molar-refractivity contribution in [2.75, 3.05) is 0 Å². The molecule has 1 aromatic rings. The highest BCUT2D eigenvalue weighted by atomic mass is 35.5. The quantitative estimate of drug-likeness (QED) is 0.899. The Morgan fingerprint density at radius 3 is 2.71 bits per heavy atom. The molecule has 0 saturated heterocycles. The maximum atomic E-state index is 11.0. The van der Waals surface area contributed by atoms with Crippen LogP contribution in [0.5, 0.6) is 0 Å². The SMILES string of the molecule is CCc1nn(C)c(CC2CCC2C(=O)O)c1Cl. The summed E-state index contributed by atoms with van der Waals surface area (Å²) in [4.78, 5) is 11.0. The van der Waals surface area contributed by atoms with Crippen LogP contribution in [0.4, 0.5) is 0 Å². The van der Waals surface area contributed by atoms with E-state index in [1.165, 1.54) is 0 Å². The fourth-order valence-corrected chi connectivity index (χ4v) is 2.80. The lowest BCUT2D eigenvalue weighted by molar-refractivity contribution is -0.147. The van der Waals surface area contributed by atoms with Gasteiger partial charge < -0.3 is 5.11 Å². The van der Waals surface area contributed by atoms with E-state index in [-0.39, 0.29) is 11.8 Å². The molecule has 2 atom stereocenters. The second kappa shape index (κ2) is 4.69. The lowest BCUT2D eigenvalue weighted by Gasteiger charge is -2.33. The van der Waals surface area contributed by atoms with Gasteiger partial charge in [0, 0.05) is 7.05 Å². The zero-order valence-electron chi connectivity index (χ0n) is 10.1. The number of aliphatic carboxylic acids is 1. The van der Waals surface area contributed by atoms with Crippen LogP contribution in [0.1, 0.15) is 31.2 Å². The fraction of sp³-hybridized carbons (Fsp3) is 0.667. The molecule has 0 spiro atoms. The molecular formula is C12H17ClN2O2. The van der Waals surface area contributed by atoms with Crippen LogP contribution in [0.15, 0.2) is 0 Å². The molecule has 0 amide bonds. The van der Waals surface area contributed by atoms with E-state index in [0.717, 1.165) is 37.1 Å². The number of carboxylic acids is 1. The Morgan fingerprint density at radius 1 is 1.59 bits per heavy atom. The molecule has 0 bridgehead atoms. The smallest absolute Gasteiger partial charge is 0.306 e. The van der Waals surface area contributed by atoms with Gasteiger partial charge in [0.25, 0.3) is 0 Å². The largest absolute Gasteiger partial charge is 0.481 e. The Hall–Kier alpha value is -1.03. The van der Waals surface area contributed by atoms with Gasteiger partial charge in [0.15, 0.2) is 0 Å². The van der Waals surface area contributed by atoms with Gasteiger partial charge in [0.1, 0.15) is 0 Å². The standard InChI is InChI=1S/C12H17ClN2O2/c1-3-9-11(13)10(15(2)14-9)6-7-4-5-8(7)12(16)17/h7-8H,3-6H2,1-2H3,(H,16,17). The third-order valence-corrected chi connectivity index (χ3v) is 4.13. The van der Waals surface area contributed by atoms with E-state index in [4.69, 9.17) is 16.7 Å². The average Bonchev–Trinajstić information content (AvgIpc) is 2.48. The first kappa shape index (κ1) is 12.4. The van der Waals surface area contributed by atoms with E-state index in [2.05, 4.69) is 5.10 Å². The van der Waals surface area contributed by atoms with E-state index in [9.17, 15) is 4.79 Å². The summed E-state index contributed by atoms with van der Waals surface area (Å²) in [5.41, 5.74) is 1.87. The fourth-order valence-electron chi connectivity index (χ4n) is 2.43. The predicted molar refractivity (Wildman–Crippen MR) is 65.1 cm³/mol. The molecule has 0 aromatic carbocycles. The van der Waals surface area contributed by atoms with E-state index < -0.39 is 5.97 Å². The molecule has 1 saturated carbocycles. The van der Waals surface area contributed by atoms with Crippen molar-refractivity contribution in [3.05, 3.63) is 16.4 Å². The number of carboxylic acid groups (broad SMARTS) is 1. The van der Waals surface area contributed by atoms with Crippen LogP contribution < -0.4 is 0 Å². The minimum Gasteiger partial charge on any atom is -0.481 e. The van der Waals surface area contributed by atoms with Crippen molar-refractivity contribution in [1.82, 2.24) is 9.78 Å². The Bertz CT molecular complexity index is 442. The summed E-state index contributed by atoms with van der Waals surface area (Å²) in [7, 11) is 1.87. The molecule has 2 unspecified atom stereocenters. The Kier molecular flexibility index (Phi) is 3.43. The molecule has 5 heteroatoms. The number of rotatable bonds is 4. The van der Waals surface area contributed by atoms with Crippen molar-refractivity contribution >= 4 is 17.6 Å². The second-order valence-electron chi connectivity index (χ2n) is 4.67. The Labute approximate surface area is 106 Å². The Morgan fingerprint density at radius 2 is 2.29 bits per heavy atom. The summed E-state index contributed by atoms with van der Waals surface area (Å²) in [5.74, 6) is -0.675. The number of carbonyl (C=O) groups is 1. The highest BCUT2D eigenvalue weighted by Crippen LogP contribution is 2.38. The number of halogens is 1. The van der Waals surface area contributed by atoms with Crippen LogP contribution in [-0.2, 0) is 24.7 Å². The minimum absolute atomic E-state index is 0.203. The lowest BCUT2D eigenvalue weighted by atomic mass is 9.71. The van der Waals surface area contributed by atoms with E-state index >= 15 is 0 Å². The van der Waals surface area contributed by atoms with Gasteiger partial charge in [-0.25, -0.2) is 0 Å². The molecular weight excluding hydrogens is 240 g/mol. The maximum Gasteiger partial charge on any atom is 0.306 e. The van der Waals surface area contributed by atoms with Gasteiger partial charge >= 0.3 is 5.97 Å². The summed E-state index contributed by atoms with van der Waals surface area (Å²) in [6.07, 6.45) is 3.29. The number of aryl methyl sites for hydroxylation is 2. The molecule has 94 valence electrons. The molecule has 4 nitrogen and oxygen atoms in total. The minimum atomic E-state index is -0.685. The first-order valence-electron chi connectivity index (χ1n) is 5.97. The third kappa shape index (κ3) is 2.18. The molecule has 1 aliphatic carbocycles. The predicted octanol–water partition coefficient (Wildman–Crippen LogP) is 2.29. The van der Waals surface area contributed by atoms with Crippen molar-refractivity contribution in [1.29, 1.82) is 0 Å². The summed E-state index contributed by atoms with van der Waals surface area (Å²) in [5, 5.41) is 14.1. The summed E-state index contributed by atoms with van der Waals surface area (Å²) < 4.78 is 1.79. The van der Waals surface area contributed by atoms with Crippen LogP contribution in [0.3, 0.4) is 0 Å². The van der Waals surface area contributed by atoms with Gasteiger partial charge in [-0.15, -0.1) is 0 Å². The molecule has 1 aromatic heterocycles. The molecule has 17 heavy (non-hydrogen) atoms. The molecule has 0 aliphatic heterocycles. The average molecular weight is 257 g/mol. The molecule has 1 fully saturated rings. The summed E-state index contributed by atoms with van der Waals surface area (Å²) >= 11 is 6.25. The normalized spacial score (nSPS) is 23.5. The first-order chi connectivity index (χ1) is 8.04. The highest BCUT2D eigenvalue weighted by molar-refractivity contribution is 6.31. The van der Waals surface area contributed by atoms with Gasteiger partial charge in [-0.2, -0.15) is 5.10 Å². The molecule has 1 N–H and O–H groups in total. The van der Waals surface area contributed by atoms with Crippen molar-refractivity contribution in [3.8, 4) is 0 Å². The number of aromatic nitrogens is 2. The number of hydrogen-bond acceptors (Lipinski definition) is 2. The van der Waals surface area contributed by atoms with E-state index in [1.807, 2.05) is 14.0 Å². The van der Waals surface area contributed by atoms with Gasteiger partial charge in [-0.3, -0.25) is 9.48 Å². The molecule has 0 radical (unpaired) electrons. The van der Waals surface area contributed by atoms with Crippen LogP contribution in [0.25, 0.3) is 0 Å². The summed E-state index contributed by atoms with van der Waals surface area (Å²) in [6, 6.07) is 0. The van der Waals surface area contributed by atoms with Crippen molar-refractivity contribution in [2.45, 2.75) is 32.6 Å². The third-order valence-electron chi connectivity index (χ3n) is 3.69. The van der Waals surface area contributed by atoms with Gasteiger partial charge in [-0.1, -0.05) is 18.5 Å². The summed E-state index contributed by atoms with van der Waals surface area (Å²) in [6.45, 7) is 2.02. The van der Waals surface area contributed by atoms with Gasteiger partial charge in [-0.05, 0) is 31.6 Å². The zero-order chi connectivity index (χ0) is 12.6. The van der Waals surface area contributed by atoms with Crippen LogP contribution >= 0.6 is 11.6 Å². The highest BCUT2D eigenvalue weighted by Gasteiger charge is 2.37. The van der Waals surface area contributed by atoms with Crippen LogP contribution in [-0.4, -0.2) is 20.9 Å². The topological polar surface area (TPSA) is 55.1 Å². The molecule has 1 heterocycles. The Balaban J connectivity index is 2.14. The van der Waals surface area contributed by atoms with Crippen molar-refractivity contribution in [3.63, 3.8) is 0 Å². The van der Waals surface area contributed by atoms with Crippen molar-refractivity contribution < 1.29 is 9.90 Å². The molecule has 1 aliphatic rings. The van der Waals surface area contributed by atoms with Crippen molar-refractivity contribution in [2.24, 2.45) is 18.9 Å². The number of hydrogen-bond donors (Lipinski definition) is 1. The van der Waals surface area contributed by atoms with E-state index in [1.54, 1.807) is 4.68 Å². The zero-order valence-corrected chi connectivity index (χ0v) is 10.9.